The van der Waals surface area contributed by atoms with Crippen LogP contribution in [-0.2, 0) is 0 Å². The molecule has 2 aromatic carbocycles. The van der Waals surface area contributed by atoms with Crippen molar-refractivity contribution < 1.29 is 15.0 Å². The van der Waals surface area contributed by atoms with Crippen LogP contribution in [0.4, 0.5) is 4.79 Å². The fourth-order valence-corrected chi connectivity index (χ4v) is 2.51. The summed E-state index contributed by atoms with van der Waals surface area (Å²) in [5.41, 5.74) is 1.81. The summed E-state index contributed by atoms with van der Waals surface area (Å²) in [7, 11) is 0. The van der Waals surface area contributed by atoms with E-state index in [0.29, 0.717) is 5.02 Å². The molecule has 0 saturated heterocycles. The van der Waals surface area contributed by atoms with Crippen molar-refractivity contribution in [1.29, 1.82) is 0 Å². The predicted octanol–water partition coefficient (Wildman–Crippen LogP) is 3.10. The number of hydrogen-bond donors (Lipinski definition) is 3. The molecule has 0 heterocycles. The first kappa shape index (κ1) is 15.4. The first-order valence-corrected chi connectivity index (χ1v) is 6.90. The van der Waals surface area contributed by atoms with Crippen molar-refractivity contribution in [2.24, 2.45) is 0 Å². The lowest BCUT2D eigenvalue weighted by atomic mass is 9.85. The van der Waals surface area contributed by atoms with E-state index in [9.17, 15) is 9.90 Å². The molecular weight excluding hydrogens is 290 g/mol. The molecule has 0 bridgehead atoms. The van der Waals surface area contributed by atoms with Gasteiger partial charge in [0.05, 0.1) is 12.6 Å². The van der Waals surface area contributed by atoms with E-state index < -0.39 is 12.1 Å². The Kier molecular flexibility index (Phi) is 5.20. The van der Waals surface area contributed by atoms with E-state index in [-0.39, 0.29) is 12.5 Å². The number of amides is 1. The van der Waals surface area contributed by atoms with Crippen molar-refractivity contribution in [3.05, 3.63) is 70.7 Å². The minimum Gasteiger partial charge on any atom is -0.465 e. The van der Waals surface area contributed by atoms with Crippen molar-refractivity contribution in [2.75, 3.05) is 6.61 Å². The number of carboxylic acid groups (broad SMARTS) is 1. The number of aliphatic hydroxyl groups is 1. The van der Waals surface area contributed by atoms with Gasteiger partial charge in [0.2, 0.25) is 0 Å². The molecule has 0 aliphatic carbocycles. The largest absolute Gasteiger partial charge is 0.465 e. The van der Waals surface area contributed by atoms with Crippen LogP contribution in [0.5, 0.6) is 0 Å². The lowest BCUT2D eigenvalue weighted by molar-refractivity contribution is 0.174. The van der Waals surface area contributed by atoms with Crippen LogP contribution in [0.15, 0.2) is 54.6 Å². The van der Waals surface area contributed by atoms with Crippen LogP contribution >= 0.6 is 11.6 Å². The lowest BCUT2D eigenvalue weighted by Crippen LogP contribution is -2.41. The molecule has 4 nitrogen and oxygen atoms in total. The molecule has 21 heavy (non-hydrogen) atoms. The van der Waals surface area contributed by atoms with E-state index in [0.717, 1.165) is 11.1 Å². The third-order valence-corrected chi connectivity index (χ3v) is 3.55. The molecule has 2 rings (SSSR count). The quantitative estimate of drug-likeness (QED) is 0.795. The molecule has 1 amide bonds. The molecular formula is C16H16ClNO3. The average molecular weight is 306 g/mol. The van der Waals surface area contributed by atoms with Gasteiger partial charge in [-0.05, 0) is 23.3 Å². The summed E-state index contributed by atoms with van der Waals surface area (Å²) in [5.74, 6) is -0.287. The smallest absolute Gasteiger partial charge is 0.404 e. The van der Waals surface area contributed by atoms with Crippen LogP contribution in [-0.4, -0.2) is 29.0 Å². The molecule has 3 N–H and O–H groups in total. The maximum atomic E-state index is 10.9. The number of hydrogen-bond acceptors (Lipinski definition) is 2. The Morgan fingerprint density at radius 1 is 1.05 bits per heavy atom. The van der Waals surface area contributed by atoms with Crippen LogP contribution < -0.4 is 5.32 Å². The second kappa shape index (κ2) is 7.11. The predicted molar refractivity (Wildman–Crippen MR) is 81.8 cm³/mol. The van der Waals surface area contributed by atoms with Gasteiger partial charge >= 0.3 is 6.09 Å². The number of carbonyl (C=O) groups is 1. The van der Waals surface area contributed by atoms with Gasteiger partial charge in [-0.1, -0.05) is 54.1 Å². The number of halogens is 1. The van der Waals surface area contributed by atoms with E-state index >= 15 is 0 Å². The molecule has 0 aliphatic heterocycles. The molecule has 0 aliphatic rings. The molecule has 0 spiro atoms. The Hall–Kier alpha value is -2.04. The van der Waals surface area contributed by atoms with Crippen LogP contribution in [0.2, 0.25) is 5.02 Å². The summed E-state index contributed by atoms with van der Waals surface area (Å²) in [4.78, 5) is 10.9. The molecule has 0 saturated carbocycles. The second-order valence-corrected chi connectivity index (χ2v) is 5.11. The fraction of sp³-hybridized carbons (Fsp3) is 0.188. The number of nitrogens with one attached hydrogen (secondary N) is 1. The summed E-state index contributed by atoms with van der Waals surface area (Å²) >= 11 is 5.90. The zero-order chi connectivity index (χ0) is 15.2. The van der Waals surface area contributed by atoms with Crippen LogP contribution in [0, 0.1) is 0 Å². The average Bonchev–Trinajstić information content (AvgIpc) is 2.49. The monoisotopic (exact) mass is 305 g/mol. The number of benzene rings is 2. The van der Waals surface area contributed by atoms with Crippen molar-refractivity contribution in [2.45, 2.75) is 12.0 Å². The summed E-state index contributed by atoms with van der Waals surface area (Å²) < 4.78 is 0. The van der Waals surface area contributed by atoms with E-state index in [4.69, 9.17) is 16.7 Å². The maximum absolute atomic E-state index is 10.9. The van der Waals surface area contributed by atoms with E-state index in [1.807, 2.05) is 42.5 Å². The highest BCUT2D eigenvalue weighted by Gasteiger charge is 2.25. The van der Waals surface area contributed by atoms with Crippen molar-refractivity contribution in [3.63, 3.8) is 0 Å². The maximum Gasteiger partial charge on any atom is 0.404 e. The van der Waals surface area contributed by atoms with Gasteiger partial charge in [0, 0.05) is 10.9 Å². The standard InChI is InChI=1S/C16H16ClNO3/c17-13-8-6-12(7-9-13)15(11-4-2-1-3-5-11)14(10-19)18-16(20)21/h1-9,14-15,18-19H,10H2,(H,20,21)/t14-,15-/m1/s1. The Morgan fingerprint density at radius 3 is 2.14 bits per heavy atom. The minimum atomic E-state index is -1.16. The summed E-state index contributed by atoms with van der Waals surface area (Å²) in [5, 5.41) is 21.5. The third kappa shape index (κ3) is 3.97. The minimum absolute atomic E-state index is 0.287. The van der Waals surface area contributed by atoms with Crippen molar-refractivity contribution in [3.8, 4) is 0 Å². The van der Waals surface area contributed by atoms with Crippen LogP contribution in [0.25, 0.3) is 0 Å². The normalized spacial score (nSPS) is 13.4. The second-order valence-electron chi connectivity index (χ2n) is 4.68. The first-order chi connectivity index (χ1) is 10.1. The fourth-order valence-electron chi connectivity index (χ4n) is 2.38. The van der Waals surface area contributed by atoms with Gasteiger partial charge in [0.1, 0.15) is 0 Å². The summed E-state index contributed by atoms with van der Waals surface area (Å²) in [6, 6.07) is 16.0. The van der Waals surface area contributed by atoms with Gasteiger partial charge in [-0.25, -0.2) is 4.79 Å². The molecule has 0 fully saturated rings. The highest BCUT2D eigenvalue weighted by atomic mass is 35.5. The topological polar surface area (TPSA) is 69.6 Å². The lowest BCUT2D eigenvalue weighted by Gasteiger charge is -2.26. The van der Waals surface area contributed by atoms with Gasteiger partial charge in [0.25, 0.3) is 0 Å². The van der Waals surface area contributed by atoms with Crippen molar-refractivity contribution >= 4 is 17.7 Å². The Morgan fingerprint density at radius 2 is 1.62 bits per heavy atom. The number of rotatable bonds is 5. The summed E-state index contributed by atoms with van der Waals surface area (Å²) in [6.07, 6.45) is -1.16. The third-order valence-electron chi connectivity index (χ3n) is 3.30. The SMILES string of the molecule is O=C(O)N[C@H](CO)[C@H](c1ccccc1)c1ccc(Cl)cc1. The van der Waals surface area contributed by atoms with E-state index in [2.05, 4.69) is 5.32 Å². The number of aliphatic hydroxyl groups excluding tert-OH is 1. The van der Waals surface area contributed by atoms with Crippen LogP contribution in [0.1, 0.15) is 17.0 Å². The first-order valence-electron chi connectivity index (χ1n) is 6.52. The highest BCUT2D eigenvalue weighted by Crippen LogP contribution is 2.29. The summed E-state index contributed by atoms with van der Waals surface area (Å²) in [6.45, 7) is -0.297. The molecule has 2 atom stereocenters. The molecule has 110 valence electrons. The Balaban J connectivity index is 2.43. The molecule has 2 aromatic rings. The zero-order valence-corrected chi connectivity index (χ0v) is 12.0. The van der Waals surface area contributed by atoms with E-state index in [1.54, 1.807) is 12.1 Å². The Labute approximate surface area is 128 Å². The molecule has 0 aromatic heterocycles. The van der Waals surface area contributed by atoms with Crippen molar-refractivity contribution in [1.82, 2.24) is 5.32 Å². The molecule has 0 unspecified atom stereocenters. The highest BCUT2D eigenvalue weighted by molar-refractivity contribution is 6.30. The molecule has 0 radical (unpaired) electrons. The van der Waals surface area contributed by atoms with Gasteiger partial charge in [-0.2, -0.15) is 0 Å². The van der Waals surface area contributed by atoms with Crippen LogP contribution in [0.3, 0.4) is 0 Å². The van der Waals surface area contributed by atoms with Gasteiger partial charge in [0.15, 0.2) is 0 Å². The van der Waals surface area contributed by atoms with Gasteiger partial charge in [-0.15, -0.1) is 0 Å². The molecule has 5 heteroatoms. The zero-order valence-electron chi connectivity index (χ0n) is 11.2. The van der Waals surface area contributed by atoms with Gasteiger partial charge in [-0.3, -0.25) is 0 Å². The Bertz CT molecular complexity index is 586. The van der Waals surface area contributed by atoms with E-state index in [1.165, 1.54) is 0 Å². The van der Waals surface area contributed by atoms with Gasteiger partial charge < -0.3 is 15.5 Å².